The first-order valence-corrected chi connectivity index (χ1v) is 7.58. The number of halogens is 4. The van der Waals surface area contributed by atoms with Crippen molar-refractivity contribution in [1.29, 1.82) is 0 Å². The van der Waals surface area contributed by atoms with Gasteiger partial charge in [0.15, 0.2) is 11.5 Å². The maximum absolute atomic E-state index is 13.3. The summed E-state index contributed by atoms with van der Waals surface area (Å²) < 4.78 is 46.4. The van der Waals surface area contributed by atoms with Crippen LogP contribution in [-0.2, 0) is 12.7 Å². The van der Waals surface area contributed by atoms with Crippen molar-refractivity contribution in [3.63, 3.8) is 0 Å². The zero-order chi connectivity index (χ0) is 18.7. The zero-order valence-corrected chi connectivity index (χ0v) is 13.7. The standard InChI is InChI=1S/C16H10ClF3N4O2/c17-10-1-3-11(4-2-10)26-14-6-5-12(15(23-14)16(18,19)20)13(25)7-24-9-21-8-22-24/h1-6,8-9H,7H2. The zero-order valence-electron chi connectivity index (χ0n) is 12.9. The monoisotopic (exact) mass is 382 g/mol. The van der Waals surface area contributed by atoms with Gasteiger partial charge < -0.3 is 4.74 Å². The number of ether oxygens (including phenoxy) is 1. The first-order chi connectivity index (χ1) is 12.3. The van der Waals surface area contributed by atoms with E-state index in [2.05, 4.69) is 15.1 Å². The maximum atomic E-state index is 13.3. The van der Waals surface area contributed by atoms with Crippen LogP contribution in [0.1, 0.15) is 16.1 Å². The van der Waals surface area contributed by atoms with Crippen LogP contribution in [0.15, 0.2) is 49.1 Å². The lowest BCUT2D eigenvalue weighted by atomic mass is 10.1. The Morgan fingerprint density at radius 1 is 1.15 bits per heavy atom. The van der Waals surface area contributed by atoms with E-state index in [0.29, 0.717) is 5.02 Å². The molecule has 2 heterocycles. The summed E-state index contributed by atoms with van der Waals surface area (Å²) >= 11 is 5.74. The van der Waals surface area contributed by atoms with Gasteiger partial charge in [0.2, 0.25) is 5.88 Å². The van der Waals surface area contributed by atoms with Crippen LogP contribution in [0, 0.1) is 0 Å². The number of carbonyl (C=O) groups is 1. The van der Waals surface area contributed by atoms with Crippen molar-refractivity contribution < 1.29 is 22.7 Å². The number of pyridine rings is 1. The average molecular weight is 383 g/mol. The van der Waals surface area contributed by atoms with E-state index in [1.165, 1.54) is 43.0 Å². The molecule has 0 atom stereocenters. The highest BCUT2D eigenvalue weighted by Gasteiger charge is 2.37. The number of hydrogen-bond donors (Lipinski definition) is 0. The van der Waals surface area contributed by atoms with E-state index in [4.69, 9.17) is 16.3 Å². The number of aromatic nitrogens is 4. The Labute approximate surface area is 150 Å². The van der Waals surface area contributed by atoms with Crippen LogP contribution in [-0.4, -0.2) is 25.5 Å². The number of hydrogen-bond acceptors (Lipinski definition) is 5. The number of benzene rings is 1. The van der Waals surface area contributed by atoms with Crippen molar-refractivity contribution in [2.24, 2.45) is 0 Å². The summed E-state index contributed by atoms with van der Waals surface area (Å²) in [5, 5.41) is 4.16. The third-order valence-corrected chi connectivity index (χ3v) is 3.50. The summed E-state index contributed by atoms with van der Waals surface area (Å²) in [6.07, 6.45) is -2.41. The van der Waals surface area contributed by atoms with Gasteiger partial charge in [0.25, 0.3) is 0 Å². The maximum Gasteiger partial charge on any atom is 0.434 e. The summed E-state index contributed by atoms with van der Waals surface area (Å²) in [5.41, 5.74) is -1.90. The number of nitrogens with zero attached hydrogens (tertiary/aromatic N) is 4. The molecule has 10 heteroatoms. The van der Waals surface area contributed by atoms with E-state index in [0.717, 1.165) is 10.7 Å². The first kappa shape index (κ1) is 17.9. The van der Waals surface area contributed by atoms with E-state index in [-0.39, 0.29) is 18.2 Å². The van der Waals surface area contributed by atoms with Gasteiger partial charge in [-0.25, -0.2) is 14.6 Å². The number of ketones is 1. The summed E-state index contributed by atoms with van der Waals surface area (Å²) in [7, 11) is 0. The first-order valence-electron chi connectivity index (χ1n) is 7.20. The summed E-state index contributed by atoms with van der Waals surface area (Å²) in [6.45, 7) is -0.387. The lowest BCUT2D eigenvalue weighted by molar-refractivity contribution is -0.141. The SMILES string of the molecule is O=C(Cn1cncn1)c1ccc(Oc2ccc(Cl)cc2)nc1C(F)(F)F. The molecular weight excluding hydrogens is 373 g/mol. The Kier molecular flexibility index (Phi) is 4.90. The molecule has 3 aromatic rings. The molecule has 1 aromatic carbocycles. The second-order valence-electron chi connectivity index (χ2n) is 5.12. The average Bonchev–Trinajstić information content (AvgIpc) is 3.09. The molecule has 0 aliphatic carbocycles. The predicted molar refractivity (Wildman–Crippen MR) is 85.1 cm³/mol. The number of rotatable bonds is 5. The molecule has 2 aromatic heterocycles. The van der Waals surface area contributed by atoms with Crippen LogP contribution in [0.3, 0.4) is 0 Å². The minimum absolute atomic E-state index is 0.261. The highest BCUT2D eigenvalue weighted by Crippen LogP contribution is 2.33. The molecule has 0 saturated heterocycles. The molecule has 0 saturated carbocycles. The fourth-order valence-corrected chi connectivity index (χ4v) is 2.24. The van der Waals surface area contributed by atoms with Gasteiger partial charge in [-0.2, -0.15) is 18.3 Å². The van der Waals surface area contributed by atoms with E-state index >= 15 is 0 Å². The highest BCUT2D eigenvalue weighted by atomic mass is 35.5. The molecule has 3 rings (SSSR count). The van der Waals surface area contributed by atoms with E-state index in [1.54, 1.807) is 0 Å². The van der Waals surface area contributed by atoms with Crippen molar-refractivity contribution in [1.82, 2.24) is 19.7 Å². The number of carbonyl (C=O) groups excluding carboxylic acids is 1. The van der Waals surface area contributed by atoms with Gasteiger partial charge in [-0.15, -0.1) is 0 Å². The molecular formula is C16H10ClF3N4O2. The smallest absolute Gasteiger partial charge is 0.434 e. The lowest BCUT2D eigenvalue weighted by Crippen LogP contribution is -2.19. The van der Waals surface area contributed by atoms with Gasteiger partial charge in [-0.1, -0.05) is 11.6 Å². The van der Waals surface area contributed by atoms with Crippen LogP contribution in [0.2, 0.25) is 5.02 Å². The van der Waals surface area contributed by atoms with Crippen molar-refractivity contribution in [2.75, 3.05) is 0 Å². The van der Waals surface area contributed by atoms with E-state index in [1.807, 2.05) is 0 Å². The predicted octanol–water partition coefficient (Wildman–Crippen LogP) is 4.02. The van der Waals surface area contributed by atoms with Gasteiger partial charge in [0.05, 0.1) is 5.56 Å². The summed E-state index contributed by atoms with van der Waals surface area (Å²) in [4.78, 5) is 19.3. The normalized spacial score (nSPS) is 11.4. The fraction of sp³-hybridized carbons (Fsp3) is 0.125. The van der Waals surface area contributed by atoms with Gasteiger partial charge in [-0.05, 0) is 30.3 Å². The Morgan fingerprint density at radius 3 is 2.50 bits per heavy atom. The highest BCUT2D eigenvalue weighted by molar-refractivity contribution is 6.30. The molecule has 0 N–H and O–H groups in total. The van der Waals surface area contributed by atoms with Crippen molar-refractivity contribution in [3.05, 3.63) is 65.3 Å². The molecule has 134 valence electrons. The number of alkyl halides is 3. The van der Waals surface area contributed by atoms with Crippen LogP contribution in [0.5, 0.6) is 11.6 Å². The lowest BCUT2D eigenvalue weighted by Gasteiger charge is -2.13. The third-order valence-electron chi connectivity index (χ3n) is 3.25. The van der Waals surface area contributed by atoms with Gasteiger partial charge in [-0.3, -0.25) is 4.79 Å². The second kappa shape index (κ2) is 7.12. The van der Waals surface area contributed by atoms with Crippen LogP contribution < -0.4 is 4.74 Å². The van der Waals surface area contributed by atoms with Crippen LogP contribution >= 0.6 is 11.6 Å². The Morgan fingerprint density at radius 2 is 1.88 bits per heavy atom. The fourth-order valence-electron chi connectivity index (χ4n) is 2.11. The molecule has 0 spiro atoms. The van der Waals surface area contributed by atoms with Gasteiger partial charge >= 0.3 is 6.18 Å². The van der Waals surface area contributed by atoms with Crippen molar-refractivity contribution in [3.8, 4) is 11.6 Å². The molecule has 0 aliphatic heterocycles. The molecule has 0 amide bonds. The van der Waals surface area contributed by atoms with Gasteiger partial charge in [0, 0.05) is 11.1 Å². The molecule has 26 heavy (non-hydrogen) atoms. The van der Waals surface area contributed by atoms with E-state index < -0.39 is 23.2 Å². The third kappa shape index (κ3) is 4.17. The Balaban J connectivity index is 1.90. The van der Waals surface area contributed by atoms with Crippen molar-refractivity contribution >= 4 is 17.4 Å². The van der Waals surface area contributed by atoms with Crippen LogP contribution in [0.25, 0.3) is 0 Å². The molecule has 0 fully saturated rings. The minimum atomic E-state index is -4.83. The summed E-state index contributed by atoms with van der Waals surface area (Å²) in [5.74, 6) is -0.831. The summed E-state index contributed by atoms with van der Waals surface area (Å²) in [6, 6.07) is 8.25. The second-order valence-corrected chi connectivity index (χ2v) is 5.55. The molecule has 0 bridgehead atoms. The van der Waals surface area contributed by atoms with E-state index in [9.17, 15) is 18.0 Å². The topological polar surface area (TPSA) is 69.9 Å². The molecule has 0 unspecified atom stereocenters. The van der Waals surface area contributed by atoms with Gasteiger partial charge in [0.1, 0.15) is 24.9 Å². The Hall–Kier alpha value is -2.94. The molecule has 6 nitrogen and oxygen atoms in total. The quantitative estimate of drug-likeness (QED) is 0.623. The molecule has 0 radical (unpaired) electrons. The number of Topliss-reactive ketones (excluding diaryl/α,β-unsaturated/α-hetero) is 1. The van der Waals surface area contributed by atoms with Crippen LogP contribution in [0.4, 0.5) is 13.2 Å². The minimum Gasteiger partial charge on any atom is -0.439 e. The largest absolute Gasteiger partial charge is 0.439 e. The molecule has 0 aliphatic rings. The Bertz CT molecular complexity index is 912. The van der Waals surface area contributed by atoms with Crippen molar-refractivity contribution in [2.45, 2.75) is 12.7 Å².